The van der Waals surface area contributed by atoms with Crippen molar-refractivity contribution in [2.24, 2.45) is 0 Å². The Kier molecular flexibility index (Phi) is 3.83. The Labute approximate surface area is 127 Å². The van der Waals surface area contributed by atoms with Crippen LogP contribution in [0.25, 0.3) is 11.4 Å². The Morgan fingerprint density at radius 1 is 1.24 bits per heavy atom. The molecule has 106 valence electrons. The van der Waals surface area contributed by atoms with E-state index in [9.17, 15) is 0 Å². The highest BCUT2D eigenvalue weighted by Crippen LogP contribution is 2.23. The van der Waals surface area contributed by atoms with Gasteiger partial charge in [-0.2, -0.15) is 5.10 Å². The molecule has 5 nitrogen and oxygen atoms in total. The van der Waals surface area contributed by atoms with Gasteiger partial charge in [0.15, 0.2) is 17.8 Å². The number of benzene rings is 1. The summed E-state index contributed by atoms with van der Waals surface area (Å²) in [7, 11) is 0. The van der Waals surface area contributed by atoms with E-state index in [1.807, 2.05) is 31.2 Å². The lowest BCUT2D eigenvalue weighted by Crippen LogP contribution is -2.05. The number of rotatable bonds is 4. The molecule has 0 spiro atoms. The first-order chi connectivity index (χ1) is 10.2. The number of nitrogens with zero attached hydrogens (tertiary/aromatic N) is 3. The molecule has 3 rings (SSSR count). The van der Waals surface area contributed by atoms with Gasteiger partial charge in [-0.25, -0.2) is 4.98 Å². The normalized spacial score (nSPS) is 12.1. The van der Waals surface area contributed by atoms with Gasteiger partial charge in [0.2, 0.25) is 0 Å². The first kappa shape index (κ1) is 13.6. The summed E-state index contributed by atoms with van der Waals surface area (Å²) in [5.41, 5.74) is 0.856. The van der Waals surface area contributed by atoms with Gasteiger partial charge < -0.3 is 4.74 Å². The van der Waals surface area contributed by atoms with Crippen molar-refractivity contribution in [1.29, 1.82) is 0 Å². The zero-order valence-corrected chi connectivity index (χ0v) is 12.1. The summed E-state index contributed by atoms with van der Waals surface area (Å²) in [6.45, 7) is 1.90. The summed E-state index contributed by atoms with van der Waals surface area (Å²) in [5.74, 6) is 1.93. The lowest BCUT2D eigenvalue weighted by atomic mass is 10.3. The predicted octanol–water partition coefficient (Wildman–Crippen LogP) is 3.66. The molecule has 6 heteroatoms. The highest BCUT2D eigenvalue weighted by atomic mass is 35.5. The van der Waals surface area contributed by atoms with Crippen molar-refractivity contribution in [2.45, 2.75) is 13.0 Å². The van der Waals surface area contributed by atoms with E-state index >= 15 is 0 Å². The van der Waals surface area contributed by atoms with Crippen molar-refractivity contribution in [3.63, 3.8) is 0 Å². The molecule has 1 N–H and O–H groups in total. The molecular weight excluding hydrogens is 288 g/mol. The highest BCUT2D eigenvalue weighted by Gasteiger charge is 2.14. The van der Waals surface area contributed by atoms with Crippen LogP contribution in [0.4, 0.5) is 0 Å². The van der Waals surface area contributed by atoms with Crippen molar-refractivity contribution in [3.8, 4) is 17.1 Å². The quantitative estimate of drug-likeness (QED) is 0.798. The second-order valence-electron chi connectivity index (χ2n) is 4.50. The van der Waals surface area contributed by atoms with Crippen LogP contribution in [0, 0.1) is 0 Å². The van der Waals surface area contributed by atoms with Gasteiger partial charge in [-0.1, -0.05) is 17.7 Å². The van der Waals surface area contributed by atoms with Gasteiger partial charge in [0.25, 0.3) is 0 Å². The van der Waals surface area contributed by atoms with E-state index in [0.717, 1.165) is 5.56 Å². The van der Waals surface area contributed by atoms with Crippen LogP contribution in [-0.4, -0.2) is 20.2 Å². The highest BCUT2D eigenvalue weighted by molar-refractivity contribution is 6.30. The molecule has 0 bridgehead atoms. The molecule has 0 aliphatic rings. The minimum absolute atomic E-state index is 0.263. The summed E-state index contributed by atoms with van der Waals surface area (Å²) in [6.07, 6.45) is 3.17. The Morgan fingerprint density at radius 3 is 2.90 bits per heavy atom. The molecule has 21 heavy (non-hydrogen) atoms. The number of aromatic amines is 1. The van der Waals surface area contributed by atoms with E-state index in [4.69, 9.17) is 16.3 Å². The number of aromatic nitrogens is 4. The fraction of sp³-hybridized carbons (Fsp3) is 0.133. The maximum atomic E-state index is 5.94. The summed E-state index contributed by atoms with van der Waals surface area (Å²) < 4.78 is 5.80. The number of hydrogen-bond donors (Lipinski definition) is 1. The van der Waals surface area contributed by atoms with Gasteiger partial charge in [0.1, 0.15) is 5.75 Å². The van der Waals surface area contributed by atoms with Crippen LogP contribution in [0.1, 0.15) is 18.9 Å². The van der Waals surface area contributed by atoms with E-state index in [1.165, 1.54) is 0 Å². The number of halogens is 1. The van der Waals surface area contributed by atoms with Crippen LogP contribution >= 0.6 is 11.6 Å². The fourth-order valence-electron chi connectivity index (χ4n) is 1.88. The molecule has 1 atom stereocenters. The molecular formula is C15H13ClN4O. The van der Waals surface area contributed by atoms with Crippen molar-refractivity contribution < 1.29 is 4.74 Å². The van der Waals surface area contributed by atoms with E-state index < -0.39 is 0 Å². The maximum Gasteiger partial charge on any atom is 0.182 e. The van der Waals surface area contributed by atoms with Crippen LogP contribution < -0.4 is 4.74 Å². The lowest BCUT2D eigenvalue weighted by molar-refractivity contribution is 0.217. The van der Waals surface area contributed by atoms with Crippen LogP contribution in [0.2, 0.25) is 5.02 Å². The Balaban J connectivity index is 1.77. The van der Waals surface area contributed by atoms with Crippen molar-refractivity contribution in [3.05, 3.63) is 59.6 Å². The minimum atomic E-state index is -0.263. The van der Waals surface area contributed by atoms with E-state index in [1.54, 1.807) is 24.5 Å². The molecule has 2 aromatic heterocycles. The van der Waals surface area contributed by atoms with Crippen LogP contribution in [-0.2, 0) is 0 Å². The smallest absolute Gasteiger partial charge is 0.182 e. The topological polar surface area (TPSA) is 63.7 Å². The Morgan fingerprint density at radius 2 is 2.14 bits per heavy atom. The second-order valence-corrected chi connectivity index (χ2v) is 4.94. The molecule has 0 saturated carbocycles. The van der Waals surface area contributed by atoms with E-state index in [0.29, 0.717) is 22.4 Å². The molecule has 0 saturated heterocycles. The van der Waals surface area contributed by atoms with Gasteiger partial charge in [-0.05, 0) is 37.3 Å². The molecule has 0 amide bonds. The van der Waals surface area contributed by atoms with E-state index in [2.05, 4.69) is 20.2 Å². The number of pyridine rings is 1. The molecule has 0 aliphatic heterocycles. The first-order valence-electron chi connectivity index (χ1n) is 6.47. The van der Waals surface area contributed by atoms with Crippen molar-refractivity contribution in [2.75, 3.05) is 0 Å². The number of hydrogen-bond acceptors (Lipinski definition) is 4. The zero-order chi connectivity index (χ0) is 14.7. The third-order valence-corrected chi connectivity index (χ3v) is 3.15. The third-order valence-electron chi connectivity index (χ3n) is 2.92. The first-order valence-corrected chi connectivity index (χ1v) is 6.85. The molecule has 0 aliphatic carbocycles. The maximum absolute atomic E-state index is 5.94. The van der Waals surface area contributed by atoms with E-state index in [-0.39, 0.29) is 6.10 Å². The van der Waals surface area contributed by atoms with Crippen LogP contribution in [0.5, 0.6) is 5.75 Å². The van der Waals surface area contributed by atoms with Crippen LogP contribution in [0.15, 0.2) is 48.8 Å². The molecule has 1 aromatic carbocycles. The molecule has 2 heterocycles. The van der Waals surface area contributed by atoms with Gasteiger partial charge in [0, 0.05) is 23.0 Å². The lowest BCUT2D eigenvalue weighted by Gasteiger charge is -2.11. The van der Waals surface area contributed by atoms with Gasteiger partial charge >= 0.3 is 0 Å². The van der Waals surface area contributed by atoms with Gasteiger partial charge in [0.05, 0.1) is 0 Å². The second kappa shape index (κ2) is 5.93. The van der Waals surface area contributed by atoms with Gasteiger partial charge in [-0.15, -0.1) is 0 Å². The summed E-state index contributed by atoms with van der Waals surface area (Å²) in [6, 6.07) is 11.0. The SMILES string of the molecule is CC(Oc1cccc(Cl)c1)c1nc(-c2cccnc2)n[nH]1. The Hall–Kier alpha value is -2.40. The molecule has 3 aromatic rings. The number of ether oxygens (including phenoxy) is 1. The molecule has 0 radical (unpaired) electrons. The molecule has 1 unspecified atom stereocenters. The predicted molar refractivity (Wildman–Crippen MR) is 80.1 cm³/mol. The Bertz CT molecular complexity index is 729. The average molecular weight is 301 g/mol. The standard InChI is InChI=1S/C15H13ClN4O/c1-10(21-13-6-2-5-12(16)8-13)14-18-15(20-19-14)11-4-3-7-17-9-11/h2-10H,1H3,(H,18,19,20). The summed E-state index contributed by atoms with van der Waals surface area (Å²) in [4.78, 5) is 8.49. The van der Waals surface area contributed by atoms with Crippen molar-refractivity contribution in [1.82, 2.24) is 20.2 Å². The fourth-order valence-corrected chi connectivity index (χ4v) is 2.06. The monoisotopic (exact) mass is 300 g/mol. The number of nitrogens with one attached hydrogen (secondary N) is 1. The van der Waals surface area contributed by atoms with Crippen molar-refractivity contribution >= 4 is 11.6 Å². The van der Waals surface area contributed by atoms with Crippen LogP contribution in [0.3, 0.4) is 0 Å². The zero-order valence-electron chi connectivity index (χ0n) is 11.3. The summed E-state index contributed by atoms with van der Waals surface area (Å²) in [5, 5.41) is 7.71. The minimum Gasteiger partial charge on any atom is -0.483 e. The summed E-state index contributed by atoms with van der Waals surface area (Å²) >= 11 is 5.94. The third kappa shape index (κ3) is 3.20. The average Bonchev–Trinajstić information content (AvgIpc) is 2.98. The largest absolute Gasteiger partial charge is 0.483 e. The van der Waals surface area contributed by atoms with Gasteiger partial charge in [-0.3, -0.25) is 10.1 Å². The molecule has 0 fully saturated rings. The number of H-pyrrole nitrogens is 1.